The summed E-state index contributed by atoms with van der Waals surface area (Å²) >= 11 is 0. The fraction of sp³-hybridized carbons (Fsp3) is 0.353. The maximum Gasteiger partial charge on any atom is 0.371 e. The number of ether oxygens (including phenoxy) is 2. The average Bonchev–Trinajstić information content (AvgIpc) is 3.24. The highest BCUT2D eigenvalue weighted by Gasteiger charge is 2.21. The minimum Gasteiger partial charge on any atom is -0.475 e. The highest BCUT2D eigenvalue weighted by molar-refractivity contribution is 5.84. The van der Waals surface area contributed by atoms with Crippen LogP contribution >= 0.6 is 0 Å². The van der Waals surface area contributed by atoms with E-state index in [1.54, 1.807) is 6.07 Å². The van der Waals surface area contributed by atoms with Crippen molar-refractivity contribution in [3.63, 3.8) is 0 Å². The third kappa shape index (κ3) is 2.90. The number of furan rings is 1. The van der Waals surface area contributed by atoms with E-state index in [-0.39, 0.29) is 12.6 Å². The first-order valence-corrected chi connectivity index (χ1v) is 7.88. The molecule has 1 saturated heterocycles. The Balaban J connectivity index is 1.35. The molecule has 0 bridgehead atoms. The van der Waals surface area contributed by atoms with E-state index >= 15 is 0 Å². The first-order chi connectivity index (χ1) is 11.7. The lowest BCUT2D eigenvalue weighted by atomic mass is 10.2. The zero-order valence-corrected chi connectivity index (χ0v) is 13.1. The maximum absolute atomic E-state index is 10.9. The fourth-order valence-corrected chi connectivity index (χ4v) is 3.04. The smallest absolute Gasteiger partial charge is 0.371 e. The predicted octanol–water partition coefficient (Wildman–Crippen LogP) is 2.03. The lowest BCUT2D eigenvalue weighted by Gasteiger charge is -2.35. The zero-order chi connectivity index (χ0) is 16.5. The third-order valence-electron chi connectivity index (χ3n) is 4.35. The van der Waals surface area contributed by atoms with Crippen molar-refractivity contribution in [2.45, 2.75) is 6.54 Å². The highest BCUT2D eigenvalue weighted by Crippen LogP contribution is 2.35. The second kappa shape index (κ2) is 6.09. The molecule has 1 aromatic carbocycles. The van der Waals surface area contributed by atoms with E-state index in [0.717, 1.165) is 43.4 Å². The predicted molar refractivity (Wildman–Crippen MR) is 85.7 cm³/mol. The van der Waals surface area contributed by atoms with Crippen LogP contribution in [0.1, 0.15) is 16.3 Å². The summed E-state index contributed by atoms with van der Waals surface area (Å²) in [5, 5.41) is 8.90. The summed E-state index contributed by atoms with van der Waals surface area (Å²) in [7, 11) is 0. The lowest BCUT2D eigenvalue weighted by molar-refractivity contribution is 0.0658. The molecule has 0 radical (unpaired) electrons. The van der Waals surface area contributed by atoms with E-state index in [1.807, 2.05) is 12.1 Å². The second-order valence-corrected chi connectivity index (χ2v) is 5.87. The fourth-order valence-electron chi connectivity index (χ4n) is 3.04. The summed E-state index contributed by atoms with van der Waals surface area (Å²) in [5.74, 6) is 1.23. The van der Waals surface area contributed by atoms with Crippen LogP contribution in [0.4, 0.5) is 5.69 Å². The molecule has 24 heavy (non-hydrogen) atoms. The van der Waals surface area contributed by atoms with Crippen LogP contribution in [0.25, 0.3) is 0 Å². The van der Waals surface area contributed by atoms with Crippen LogP contribution in [-0.2, 0) is 6.54 Å². The maximum atomic E-state index is 10.9. The Hall–Kier alpha value is -2.67. The lowest BCUT2D eigenvalue weighted by Crippen LogP contribution is -2.45. The molecule has 3 heterocycles. The first-order valence-electron chi connectivity index (χ1n) is 7.88. The van der Waals surface area contributed by atoms with Gasteiger partial charge in [-0.3, -0.25) is 4.90 Å². The summed E-state index contributed by atoms with van der Waals surface area (Å²) in [4.78, 5) is 15.4. The van der Waals surface area contributed by atoms with Gasteiger partial charge in [0.25, 0.3) is 0 Å². The van der Waals surface area contributed by atoms with Crippen LogP contribution in [-0.4, -0.2) is 48.9 Å². The first kappa shape index (κ1) is 14.9. The van der Waals surface area contributed by atoms with Gasteiger partial charge in [0, 0.05) is 37.9 Å². The summed E-state index contributed by atoms with van der Waals surface area (Å²) < 4.78 is 16.1. The topological polar surface area (TPSA) is 75.4 Å². The molecule has 0 aliphatic carbocycles. The van der Waals surface area contributed by atoms with E-state index in [4.69, 9.17) is 19.0 Å². The van der Waals surface area contributed by atoms with Crippen LogP contribution < -0.4 is 14.4 Å². The van der Waals surface area contributed by atoms with Crippen molar-refractivity contribution < 1.29 is 23.8 Å². The van der Waals surface area contributed by atoms with Gasteiger partial charge >= 0.3 is 5.97 Å². The number of carboxylic acid groups (broad SMARTS) is 1. The Morgan fingerprint density at radius 3 is 2.58 bits per heavy atom. The van der Waals surface area contributed by atoms with Gasteiger partial charge in [-0.15, -0.1) is 0 Å². The van der Waals surface area contributed by atoms with Crippen molar-refractivity contribution in [3.8, 4) is 11.5 Å². The summed E-state index contributed by atoms with van der Waals surface area (Å²) in [6, 6.07) is 9.24. The van der Waals surface area contributed by atoms with Crippen molar-refractivity contribution in [1.82, 2.24) is 4.90 Å². The molecule has 0 unspecified atom stereocenters. The van der Waals surface area contributed by atoms with Gasteiger partial charge in [-0.05, 0) is 24.3 Å². The van der Waals surface area contributed by atoms with Gasteiger partial charge < -0.3 is 23.9 Å². The van der Waals surface area contributed by atoms with Gasteiger partial charge in [0.05, 0.1) is 6.54 Å². The second-order valence-electron chi connectivity index (χ2n) is 5.87. The molecule has 0 atom stereocenters. The molecule has 2 aliphatic rings. The molecule has 126 valence electrons. The zero-order valence-electron chi connectivity index (χ0n) is 13.1. The number of hydrogen-bond acceptors (Lipinski definition) is 6. The number of anilines is 1. The summed E-state index contributed by atoms with van der Waals surface area (Å²) in [6.07, 6.45) is 0. The SMILES string of the molecule is O=C(O)c1ccc(CN2CCN(c3ccc4c(c3)OCO4)CC2)o1. The van der Waals surface area contributed by atoms with Gasteiger partial charge in [0.2, 0.25) is 12.6 Å². The van der Waals surface area contributed by atoms with Crippen molar-refractivity contribution in [1.29, 1.82) is 0 Å². The quantitative estimate of drug-likeness (QED) is 0.919. The van der Waals surface area contributed by atoms with Crippen molar-refractivity contribution in [2.75, 3.05) is 37.9 Å². The van der Waals surface area contributed by atoms with Crippen LogP contribution in [0.5, 0.6) is 11.5 Å². The Bertz CT molecular complexity index is 749. The normalized spacial score (nSPS) is 17.2. The Kier molecular flexibility index (Phi) is 3.78. The minimum atomic E-state index is -1.03. The van der Waals surface area contributed by atoms with Crippen LogP contribution in [0, 0.1) is 0 Å². The number of fused-ring (bicyclic) bond motifs is 1. The van der Waals surface area contributed by atoms with Crippen LogP contribution in [0.2, 0.25) is 0 Å². The van der Waals surface area contributed by atoms with E-state index in [0.29, 0.717) is 12.3 Å². The molecular weight excluding hydrogens is 312 g/mol. The number of piperazine rings is 1. The van der Waals surface area contributed by atoms with E-state index in [2.05, 4.69) is 15.9 Å². The standard InChI is InChI=1S/C17H18N2O5/c20-17(21)15-4-2-13(24-15)10-18-5-7-19(8-6-18)12-1-3-14-16(9-12)23-11-22-14/h1-4,9H,5-8,10-11H2,(H,20,21). The van der Waals surface area contributed by atoms with Crippen molar-refractivity contribution in [3.05, 3.63) is 41.9 Å². The highest BCUT2D eigenvalue weighted by atomic mass is 16.7. The number of hydrogen-bond donors (Lipinski definition) is 1. The summed E-state index contributed by atoms with van der Waals surface area (Å²) in [6.45, 7) is 4.48. The number of aromatic carboxylic acids is 1. The molecule has 0 spiro atoms. The molecule has 2 aromatic rings. The molecule has 0 amide bonds. The van der Waals surface area contributed by atoms with Crippen LogP contribution in [0.3, 0.4) is 0 Å². The average molecular weight is 330 g/mol. The van der Waals surface area contributed by atoms with Gasteiger partial charge in [-0.25, -0.2) is 4.79 Å². The molecule has 4 rings (SSSR count). The van der Waals surface area contributed by atoms with Crippen LogP contribution in [0.15, 0.2) is 34.7 Å². The third-order valence-corrected chi connectivity index (χ3v) is 4.35. The van der Waals surface area contributed by atoms with E-state index in [9.17, 15) is 4.79 Å². The number of carboxylic acids is 1. The van der Waals surface area contributed by atoms with Crippen molar-refractivity contribution in [2.24, 2.45) is 0 Å². The van der Waals surface area contributed by atoms with E-state index < -0.39 is 5.97 Å². The largest absolute Gasteiger partial charge is 0.475 e. The van der Waals surface area contributed by atoms with Crippen molar-refractivity contribution >= 4 is 11.7 Å². The molecule has 0 saturated carbocycles. The monoisotopic (exact) mass is 330 g/mol. The molecule has 1 aromatic heterocycles. The molecule has 1 N–H and O–H groups in total. The minimum absolute atomic E-state index is 0.0102. The number of rotatable bonds is 4. The summed E-state index contributed by atoms with van der Waals surface area (Å²) in [5.41, 5.74) is 1.13. The number of carbonyl (C=O) groups is 1. The Morgan fingerprint density at radius 1 is 1.04 bits per heavy atom. The van der Waals surface area contributed by atoms with Gasteiger partial charge in [0.1, 0.15) is 5.76 Å². The van der Waals surface area contributed by atoms with Gasteiger partial charge in [-0.2, -0.15) is 0 Å². The van der Waals surface area contributed by atoms with E-state index in [1.165, 1.54) is 6.07 Å². The molecule has 7 heteroatoms. The Morgan fingerprint density at radius 2 is 1.83 bits per heavy atom. The Labute approximate surface area is 139 Å². The van der Waals surface area contributed by atoms with Gasteiger partial charge in [0.15, 0.2) is 11.5 Å². The molecule has 1 fully saturated rings. The molecular formula is C17H18N2O5. The number of benzene rings is 1. The van der Waals surface area contributed by atoms with Gasteiger partial charge in [-0.1, -0.05) is 0 Å². The molecule has 7 nitrogen and oxygen atoms in total. The molecule has 2 aliphatic heterocycles. The number of nitrogens with zero attached hydrogens (tertiary/aromatic N) is 2.